The van der Waals surface area contributed by atoms with Crippen molar-refractivity contribution in [1.29, 1.82) is 0 Å². The summed E-state index contributed by atoms with van der Waals surface area (Å²) < 4.78 is 0. The van der Waals surface area contributed by atoms with E-state index in [1.54, 1.807) is 20.8 Å². The van der Waals surface area contributed by atoms with Gasteiger partial charge in [0, 0.05) is 16.6 Å². The molecule has 0 aromatic carbocycles. The normalized spacial score (nSPS) is 29.4. The molecule has 0 radical (unpaired) electrons. The second-order valence-corrected chi connectivity index (χ2v) is 8.45. The van der Waals surface area contributed by atoms with Crippen molar-refractivity contribution in [1.82, 2.24) is 0 Å². The number of allylic oxidation sites excluding steroid dienone is 5. The molecule has 0 bridgehead atoms. The lowest BCUT2D eigenvalue weighted by molar-refractivity contribution is -0.134. The second kappa shape index (κ2) is 5.16. The minimum Gasteiger partial charge on any atom is -0.507 e. The summed E-state index contributed by atoms with van der Waals surface area (Å²) in [6.07, 6.45) is 2.12. The van der Waals surface area contributed by atoms with Gasteiger partial charge in [-0.1, -0.05) is 41.0 Å². The Labute approximate surface area is 147 Å². The molecule has 0 unspecified atom stereocenters. The Morgan fingerprint density at radius 3 is 2.04 bits per heavy atom. The van der Waals surface area contributed by atoms with Crippen LogP contribution in [0.3, 0.4) is 0 Å². The van der Waals surface area contributed by atoms with E-state index in [0.29, 0.717) is 12.0 Å². The molecule has 0 spiro atoms. The van der Waals surface area contributed by atoms with Crippen LogP contribution in [0.4, 0.5) is 0 Å². The molecule has 134 valence electrons. The van der Waals surface area contributed by atoms with Crippen LogP contribution in [0.2, 0.25) is 0 Å². The fourth-order valence-electron chi connectivity index (χ4n) is 4.94. The van der Waals surface area contributed by atoms with Crippen molar-refractivity contribution < 1.29 is 24.6 Å². The van der Waals surface area contributed by atoms with Gasteiger partial charge in [0.15, 0.2) is 5.76 Å². The Morgan fingerprint density at radius 2 is 1.48 bits per heavy atom. The van der Waals surface area contributed by atoms with Gasteiger partial charge in [0.1, 0.15) is 5.76 Å². The van der Waals surface area contributed by atoms with Crippen molar-refractivity contribution in [3.63, 3.8) is 0 Å². The molecule has 0 saturated heterocycles. The fourth-order valence-corrected chi connectivity index (χ4v) is 4.94. The molecular weight excluding hydrogens is 320 g/mol. The van der Waals surface area contributed by atoms with Gasteiger partial charge in [-0.05, 0) is 29.7 Å². The van der Waals surface area contributed by atoms with Crippen LogP contribution >= 0.6 is 0 Å². The van der Waals surface area contributed by atoms with E-state index in [4.69, 9.17) is 0 Å². The Bertz CT molecular complexity index is 819. The summed E-state index contributed by atoms with van der Waals surface area (Å²) in [4.78, 5) is 38.4. The molecule has 3 aliphatic carbocycles. The summed E-state index contributed by atoms with van der Waals surface area (Å²) in [6.45, 7) is 9.02. The molecule has 3 rings (SSSR count). The third-order valence-corrected chi connectivity index (χ3v) is 5.94. The van der Waals surface area contributed by atoms with E-state index in [1.165, 1.54) is 0 Å². The van der Waals surface area contributed by atoms with Crippen molar-refractivity contribution in [2.75, 3.05) is 0 Å². The van der Waals surface area contributed by atoms with Gasteiger partial charge in [-0.2, -0.15) is 0 Å². The number of carbonyl (C=O) groups excluding carboxylic acids is 3. The van der Waals surface area contributed by atoms with Crippen LogP contribution in [0.25, 0.3) is 0 Å². The van der Waals surface area contributed by atoms with Gasteiger partial charge in [0.2, 0.25) is 17.3 Å². The molecule has 5 nitrogen and oxygen atoms in total. The number of aliphatic hydroxyl groups is 2. The standard InChI is InChI=1S/C20H24O5/c1-9(2)10-13(21)11-12(16(24)14(10)22)20(5)8-6-7-19(3,4)18(20)17(25)15(11)23/h9,21,25H,6-8H2,1-5H3/t20-/m0/s1. The van der Waals surface area contributed by atoms with Crippen LogP contribution in [-0.4, -0.2) is 27.6 Å². The summed E-state index contributed by atoms with van der Waals surface area (Å²) in [5.74, 6) is -3.47. The van der Waals surface area contributed by atoms with E-state index in [2.05, 4.69) is 0 Å². The highest BCUT2D eigenvalue weighted by Gasteiger charge is 2.56. The predicted molar refractivity (Wildman–Crippen MR) is 91.9 cm³/mol. The number of ketones is 3. The molecule has 5 heteroatoms. The average Bonchev–Trinajstić information content (AvgIpc) is 2.47. The zero-order chi connectivity index (χ0) is 18.9. The van der Waals surface area contributed by atoms with Crippen LogP contribution in [-0.2, 0) is 14.4 Å². The maximum Gasteiger partial charge on any atom is 0.233 e. The lowest BCUT2D eigenvalue weighted by Crippen LogP contribution is -2.47. The minimum atomic E-state index is -0.918. The maximum atomic E-state index is 12.9. The van der Waals surface area contributed by atoms with Gasteiger partial charge in [-0.15, -0.1) is 0 Å². The number of Topliss-reactive ketones (excluding diaryl/α,β-unsaturated/α-hetero) is 3. The van der Waals surface area contributed by atoms with Gasteiger partial charge in [-0.3, -0.25) is 14.4 Å². The smallest absolute Gasteiger partial charge is 0.233 e. The Kier molecular flexibility index (Phi) is 3.64. The molecule has 1 saturated carbocycles. The topological polar surface area (TPSA) is 91.7 Å². The quantitative estimate of drug-likeness (QED) is 0.561. The molecule has 1 fully saturated rings. The molecule has 1 atom stereocenters. The van der Waals surface area contributed by atoms with Crippen LogP contribution in [0.15, 0.2) is 33.8 Å². The summed E-state index contributed by atoms with van der Waals surface area (Å²) in [7, 11) is 0. The fraction of sp³-hybridized carbons (Fsp3) is 0.550. The van der Waals surface area contributed by atoms with Gasteiger partial charge >= 0.3 is 0 Å². The molecule has 0 aliphatic heterocycles. The Morgan fingerprint density at radius 1 is 0.880 bits per heavy atom. The third-order valence-electron chi connectivity index (χ3n) is 5.94. The highest BCUT2D eigenvalue weighted by atomic mass is 16.3. The summed E-state index contributed by atoms with van der Waals surface area (Å²) in [5.41, 5.74) is -1.05. The second-order valence-electron chi connectivity index (χ2n) is 8.45. The Balaban J connectivity index is 2.38. The van der Waals surface area contributed by atoms with E-state index in [0.717, 1.165) is 12.8 Å². The molecular formula is C20H24O5. The number of aliphatic hydroxyl groups excluding tert-OH is 2. The van der Waals surface area contributed by atoms with Gasteiger partial charge in [0.05, 0.1) is 5.57 Å². The van der Waals surface area contributed by atoms with Gasteiger partial charge < -0.3 is 10.2 Å². The largest absolute Gasteiger partial charge is 0.507 e. The predicted octanol–water partition coefficient (Wildman–Crippen LogP) is 3.51. The van der Waals surface area contributed by atoms with Crippen molar-refractivity contribution >= 4 is 17.3 Å². The molecule has 0 amide bonds. The Hall–Kier alpha value is -2.17. The van der Waals surface area contributed by atoms with Crippen LogP contribution in [0, 0.1) is 16.7 Å². The molecule has 2 N–H and O–H groups in total. The van der Waals surface area contributed by atoms with E-state index < -0.39 is 39.9 Å². The molecule has 0 aromatic rings. The lowest BCUT2D eigenvalue weighted by Gasteiger charge is -2.49. The van der Waals surface area contributed by atoms with Crippen molar-refractivity contribution in [3.8, 4) is 0 Å². The van der Waals surface area contributed by atoms with Gasteiger partial charge in [-0.25, -0.2) is 0 Å². The number of carbonyl (C=O) groups is 3. The summed E-state index contributed by atoms with van der Waals surface area (Å²) in [5, 5.41) is 21.3. The first-order valence-corrected chi connectivity index (χ1v) is 8.71. The average molecular weight is 344 g/mol. The highest BCUT2D eigenvalue weighted by molar-refractivity contribution is 6.52. The first-order chi connectivity index (χ1) is 11.4. The number of hydrogen-bond acceptors (Lipinski definition) is 5. The monoisotopic (exact) mass is 344 g/mol. The first kappa shape index (κ1) is 17.6. The van der Waals surface area contributed by atoms with Gasteiger partial charge in [0.25, 0.3) is 0 Å². The maximum absolute atomic E-state index is 12.9. The number of fused-ring (bicyclic) bond motifs is 2. The molecule has 3 aliphatic rings. The molecule has 0 aromatic heterocycles. The van der Waals surface area contributed by atoms with Crippen LogP contribution < -0.4 is 0 Å². The van der Waals surface area contributed by atoms with E-state index >= 15 is 0 Å². The zero-order valence-corrected chi connectivity index (χ0v) is 15.3. The summed E-state index contributed by atoms with van der Waals surface area (Å²) >= 11 is 0. The van der Waals surface area contributed by atoms with E-state index in [-0.39, 0.29) is 22.5 Å². The highest BCUT2D eigenvalue weighted by Crippen LogP contribution is 2.59. The SMILES string of the molecule is CC(C)C1=C(O)C2=C(C(=O)C1=O)[C@]1(C)CCCC(C)(C)C1=C(O)C2=O. The first-order valence-electron chi connectivity index (χ1n) is 8.71. The summed E-state index contributed by atoms with van der Waals surface area (Å²) in [6, 6.07) is 0. The van der Waals surface area contributed by atoms with Crippen molar-refractivity contribution in [2.45, 2.75) is 53.9 Å². The number of hydrogen-bond donors (Lipinski definition) is 2. The molecule has 0 heterocycles. The minimum absolute atomic E-state index is 0.0491. The van der Waals surface area contributed by atoms with Crippen molar-refractivity contribution in [3.05, 3.63) is 33.8 Å². The van der Waals surface area contributed by atoms with Crippen molar-refractivity contribution in [2.24, 2.45) is 16.7 Å². The zero-order valence-electron chi connectivity index (χ0n) is 15.3. The van der Waals surface area contributed by atoms with Crippen LogP contribution in [0.1, 0.15) is 53.9 Å². The van der Waals surface area contributed by atoms with Crippen LogP contribution in [0.5, 0.6) is 0 Å². The van der Waals surface area contributed by atoms with E-state index in [1.807, 2.05) is 13.8 Å². The molecule has 25 heavy (non-hydrogen) atoms. The third kappa shape index (κ3) is 2.11. The number of rotatable bonds is 1. The lowest BCUT2D eigenvalue weighted by atomic mass is 9.52. The van der Waals surface area contributed by atoms with E-state index in [9.17, 15) is 24.6 Å².